The van der Waals surface area contributed by atoms with E-state index >= 15 is 0 Å². The van der Waals surface area contributed by atoms with Crippen molar-refractivity contribution >= 4 is 29.1 Å². The number of fused-ring (bicyclic) bond motifs is 1. The Labute approximate surface area is 206 Å². The summed E-state index contributed by atoms with van der Waals surface area (Å²) in [5.74, 6) is 1.47. The van der Waals surface area contributed by atoms with E-state index in [1.54, 1.807) is 0 Å². The van der Waals surface area contributed by atoms with E-state index < -0.39 is 6.23 Å². The molecular formula is C25H35ClN6O2. The molecule has 0 bridgehead atoms. The van der Waals surface area contributed by atoms with Crippen molar-refractivity contribution in [2.45, 2.75) is 64.3 Å². The molecule has 9 heteroatoms. The quantitative estimate of drug-likeness (QED) is 0.553. The Hall–Kier alpha value is -2.26. The van der Waals surface area contributed by atoms with Gasteiger partial charge in [0.15, 0.2) is 0 Å². The normalized spacial score (nSPS) is 22.9. The van der Waals surface area contributed by atoms with E-state index in [-0.39, 0.29) is 23.8 Å². The lowest BCUT2D eigenvalue weighted by Crippen LogP contribution is -2.58. The zero-order valence-electron chi connectivity index (χ0n) is 20.3. The number of benzene rings is 1. The Morgan fingerprint density at radius 1 is 1.21 bits per heavy atom. The van der Waals surface area contributed by atoms with Crippen LogP contribution in [0.3, 0.4) is 0 Å². The summed E-state index contributed by atoms with van der Waals surface area (Å²) in [6, 6.07) is 8.19. The van der Waals surface area contributed by atoms with Gasteiger partial charge in [-0.25, -0.2) is 9.97 Å². The number of carbonyl (C=O) groups is 1. The van der Waals surface area contributed by atoms with Crippen LogP contribution in [0.5, 0.6) is 0 Å². The van der Waals surface area contributed by atoms with E-state index in [0.717, 1.165) is 30.0 Å². The maximum atomic E-state index is 12.0. The Balaban J connectivity index is 1.52. The third-order valence-corrected chi connectivity index (χ3v) is 7.08. The van der Waals surface area contributed by atoms with E-state index in [2.05, 4.69) is 51.2 Å². The Bertz CT molecular complexity index is 1000. The minimum Gasteiger partial charge on any atom is -0.378 e. The van der Waals surface area contributed by atoms with Crippen molar-refractivity contribution in [1.29, 1.82) is 0 Å². The molecule has 2 aliphatic rings. The molecule has 1 saturated heterocycles. The lowest BCUT2D eigenvalue weighted by molar-refractivity contribution is -0.116. The zero-order chi connectivity index (χ0) is 24.4. The highest BCUT2D eigenvalue weighted by Crippen LogP contribution is 2.37. The van der Waals surface area contributed by atoms with E-state index in [1.807, 2.05) is 31.2 Å². The van der Waals surface area contributed by atoms with Crippen LogP contribution in [0.1, 0.15) is 57.1 Å². The van der Waals surface area contributed by atoms with E-state index in [1.165, 1.54) is 6.33 Å². The molecule has 0 saturated carbocycles. The highest BCUT2D eigenvalue weighted by Gasteiger charge is 2.36. The highest BCUT2D eigenvalue weighted by atomic mass is 35.5. The first-order valence-electron chi connectivity index (χ1n) is 12.1. The van der Waals surface area contributed by atoms with Gasteiger partial charge in [0.05, 0.1) is 0 Å². The summed E-state index contributed by atoms with van der Waals surface area (Å²) in [5, 5.41) is 18.6. The lowest BCUT2D eigenvalue weighted by atomic mass is 9.93. The topological polar surface area (TPSA) is 93.6 Å². The first-order valence-corrected chi connectivity index (χ1v) is 12.4. The first-order chi connectivity index (χ1) is 16.2. The van der Waals surface area contributed by atoms with Crippen LogP contribution in [0.4, 0.5) is 11.6 Å². The number of amides is 1. The molecule has 0 aliphatic carbocycles. The van der Waals surface area contributed by atoms with Crippen LogP contribution in [-0.2, 0) is 4.79 Å². The molecule has 2 aromatic rings. The standard InChI is InChI=1S/C25H35ClN6O2/c1-15(2)27-12-20(18-5-7-19(26)8-6-18)25(34)32-10-9-31(13-17(32)4)24-22-16(3)11-21(33)30-23(22)28-14-29-24/h5-8,14-17,20,25,27,34H,9-13H2,1-4H3,(H,28,29,30,33)/t16-,17+,20-,25?/m1/s1. The van der Waals surface area contributed by atoms with Gasteiger partial charge in [-0.1, -0.05) is 44.5 Å². The number of hydrogen-bond donors (Lipinski definition) is 3. The SMILES string of the molecule is CC(C)NC[C@H](c1ccc(Cl)cc1)C(O)N1CCN(c2ncnc3c2[C@H](C)CC(=O)N3)C[C@@H]1C. The van der Waals surface area contributed by atoms with Crippen LogP contribution >= 0.6 is 11.6 Å². The third kappa shape index (κ3) is 5.35. The molecule has 4 rings (SSSR count). The van der Waals surface area contributed by atoms with E-state index in [0.29, 0.717) is 36.4 Å². The summed E-state index contributed by atoms with van der Waals surface area (Å²) < 4.78 is 0. The monoisotopic (exact) mass is 486 g/mol. The summed E-state index contributed by atoms with van der Waals surface area (Å²) in [4.78, 5) is 25.3. The largest absolute Gasteiger partial charge is 0.378 e. The number of aliphatic hydroxyl groups excluding tert-OH is 1. The van der Waals surface area contributed by atoms with Crippen molar-refractivity contribution in [3.63, 3.8) is 0 Å². The van der Waals surface area contributed by atoms with E-state index in [9.17, 15) is 9.90 Å². The molecule has 4 atom stereocenters. The Morgan fingerprint density at radius 2 is 1.94 bits per heavy atom. The average Bonchev–Trinajstić information content (AvgIpc) is 2.79. The molecule has 1 unspecified atom stereocenters. The number of halogens is 1. The molecule has 34 heavy (non-hydrogen) atoms. The van der Waals surface area contributed by atoms with Gasteiger partial charge in [-0.2, -0.15) is 0 Å². The van der Waals surface area contributed by atoms with Gasteiger partial charge in [0.1, 0.15) is 24.2 Å². The highest BCUT2D eigenvalue weighted by molar-refractivity contribution is 6.30. The predicted molar refractivity (Wildman–Crippen MR) is 135 cm³/mol. The number of carbonyl (C=O) groups excluding carboxylic acids is 1. The van der Waals surface area contributed by atoms with Gasteiger partial charge in [-0.15, -0.1) is 0 Å². The first kappa shape index (κ1) is 24.9. The predicted octanol–water partition coefficient (Wildman–Crippen LogP) is 3.19. The fourth-order valence-electron chi connectivity index (χ4n) is 5.01. The molecule has 8 nitrogen and oxygen atoms in total. The van der Waals surface area contributed by atoms with Gasteiger partial charge in [0, 0.05) is 61.2 Å². The van der Waals surface area contributed by atoms with Crippen LogP contribution in [0.15, 0.2) is 30.6 Å². The van der Waals surface area contributed by atoms with Crippen LogP contribution < -0.4 is 15.5 Å². The summed E-state index contributed by atoms with van der Waals surface area (Å²) in [7, 11) is 0. The number of piperazine rings is 1. The Morgan fingerprint density at radius 3 is 2.62 bits per heavy atom. The number of aliphatic hydroxyl groups is 1. The van der Waals surface area contributed by atoms with Gasteiger partial charge in [0.2, 0.25) is 5.91 Å². The van der Waals surface area contributed by atoms with Crippen molar-refractivity contribution in [3.8, 4) is 0 Å². The average molecular weight is 487 g/mol. The number of nitrogens with zero attached hydrogens (tertiary/aromatic N) is 4. The van der Waals surface area contributed by atoms with Crippen LogP contribution in [0.2, 0.25) is 5.02 Å². The molecule has 1 amide bonds. The Kier molecular flexibility index (Phi) is 7.72. The van der Waals surface area contributed by atoms with Gasteiger partial charge < -0.3 is 20.6 Å². The van der Waals surface area contributed by atoms with Gasteiger partial charge in [-0.05, 0) is 30.5 Å². The maximum Gasteiger partial charge on any atom is 0.226 e. The summed E-state index contributed by atoms with van der Waals surface area (Å²) in [5.41, 5.74) is 2.07. The van der Waals surface area contributed by atoms with Crippen LogP contribution in [0.25, 0.3) is 0 Å². The van der Waals surface area contributed by atoms with Crippen molar-refractivity contribution in [2.24, 2.45) is 0 Å². The summed E-state index contributed by atoms with van der Waals surface area (Å²) >= 11 is 6.11. The molecule has 0 radical (unpaired) electrons. The maximum absolute atomic E-state index is 12.0. The second-order valence-corrected chi connectivity index (χ2v) is 10.2. The third-order valence-electron chi connectivity index (χ3n) is 6.83. The fraction of sp³-hybridized carbons (Fsp3) is 0.560. The molecule has 3 N–H and O–H groups in total. The molecule has 1 aromatic carbocycles. The number of hydrogen-bond acceptors (Lipinski definition) is 7. The number of rotatable bonds is 7. The lowest BCUT2D eigenvalue weighted by Gasteiger charge is -2.45. The van der Waals surface area contributed by atoms with Crippen molar-refractivity contribution in [1.82, 2.24) is 20.2 Å². The van der Waals surface area contributed by atoms with Crippen molar-refractivity contribution in [2.75, 3.05) is 36.4 Å². The summed E-state index contributed by atoms with van der Waals surface area (Å²) in [6.45, 7) is 11.2. The molecule has 1 aromatic heterocycles. The molecule has 2 aliphatic heterocycles. The number of anilines is 2. The van der Waals surface area contributed by atoms with Gasteiger partial charge in [0.25, 0.3) is 0 Å². The minimum atomic E-state index is -0.637. The second-order valence-electron chi connectivity index (χ2n) is 9.78. The molecular weight excluding hydrogens is 452 g/mol. The fourth-order valence-corrected chi connectivity index (χ4v) is 5.14. The van der Waals surface area contributed by atoms with E-state index in [4.69, 9.17) is 11.6 Å². The number of nitrogens with one attached hydrogen (secondary N) is 2. The van der Waals surface area contributed by atoms with Gasteiger partial charge >= 0.3 is 0 Å². The molecule has 0 spiro atoms. The van der Waals surface area contributed by atoms with Crippen LogP contribution in [-0.4, -0.2) is 70.4 Å². The summed E-state index contributed by atoms with van der Waals surface area (Å²) in [6.07, 6.45) is 1.32. The van der Waals surface area contributed by atoms with Gasteiger partial charge in [-0.3, -0.25) is 9.69 Å². The minimum absolute atomic E-state index is 0.00536. The molecule has 1 fully saturated rings. The van der Waals surface area contributed by atoms with Crippen molar-refractivity contribution in [3.05, 3.63) is 46.7 Å². The zero-order valence-corrected chi connectivity index (χ0v) is 21.1. The smallest absolute Gasteiger partial charge is 0.226 e. The molecule has 184 valence electrons. The number of aromatic nitrogens is 2. The van der Waals surface area contributed by atoms with Crippen molar-refractivity contribution < 1.29 is 9.90 Å². The molecule has 3 heterocycles. The van der Waals surface area contributed by atoms with Crippen LogP contribution in [0, 0.1) is 0 Å². The second kappa shape index (κ2) is 10.6.